The summed E-state index contributed by atoms with van der Waals surface area (Å²) in [5.74, 6) is 0.707. The van der Waals surface area contributed by atoms with Gasteiger partial charge in [-0.1, -0.05) is 33.1 Å². The van der Waals surface area contributed by atoms with Gasteiger partial charge in [0, 0.05) is 11.6 Å². The molecule has 4 nitrogen and oxygen atoms in total. The van der Waals surface area contributed by atoms with Crippen molar-refractivity contribution < 1.29 is 9.05 Å². The van der Waals surface area contributed by atoms with Gasteiger partial charge in [0.05, 0.1) is 13.2 Å². The molecule has 0 aromatic rings. The Morgan fingerprint density at radius 3 is 2.25 bits per heavy atom. The van der Waals surface area contributed by atoms with E-state index in [1.807, 2.05) is 20.1 Å². The van der Waals surface area contributed by atoms with Crippen molar-refractivity contribution in [2.24, 2.45) is 16.4 Å². The molecule has 0 unspecified atom stereocenters. The Morgan fingerprint density at radius 1 is 1.20 bits per heavy atom. The first-order chi connectivity index (χ1) is 9.43. The Labute approximate surface area is 128 Å². The Hall–Kier alpha value is 0.0400. The summed E-state index contributed by atoms with van der Waals surface area (Å²) in [7, 11) is 0. The molecule has 6 heteroatoms. The monoisotopic (exact) mass is 320 g/mol. The molecule has 0 aromatic heterocycles. The molecule has 1 rings (SSSR count). The third-order valence-electron chi connectivity index (χ3n) is 3.83. The minimum absolute atomic E-state index is 0.0893. The van der Waals surface area contributed by atoms with Crippen LogP contribution in [-0.4, -0.2) is 19.4 Å². The molecule has 0 spiro atoms. The predicted molar refractivity (Wildman–Crippen MR) is 89.5 cm³/mol. The van der Waals surface area contributed by atoms with Gasteiger partial charge in [0.25, 0.3) is 0 Å². The highest BCUT2D eigenvalue weighted by Crippen LogP contribution is 2.44. The molecule has 0 saturated heterocycles. The quantitative estimate of drug-likeness (QED) is 0.407. The second-order valence-corrected chi connectivity index (χ2v) is 9.00. The fourth-order valence-electron chi connectivity index (χ4n) is 2.65. The van der Waals surface area contributed by atoms with Crippen molar-refractivity contribution in [3.8, 4) is 0 Å². The minimum Gasteiger partial charge on any atom is -0.313 e. The van der Waals surface area contributed by atoms with Crippen LogP contribution in [0.3, 0.4) is 0 Å². The van der Waals surface area contributed by atoms with Gasteiger partial charge in [0.15, 0.2) is 0 Å². The lowest BCUT2D eigenvalue weighted by atomic mass is 9.72. The van der Waals surface area contributed by atoms with E-state index in [0.29, 0.717) is 19.1 Å². The summed E-state index contributed by atoms with van der Waals surface area (Å²) in [6, 6.07) is 0. The van der Waals surface area contributed by atoms with Crippen LogP contribution in [0.4, 0.5) is 0 Å². The molecule has 1 aliphatic carbocycles. The second-order valence-electron chi connectivity index (χ2n) is 5.85. The number of rotatable bonds is 8. The Morgan fingerprint density at radius 2 is 1.75 bits per heavy atom. The molecular weight excluding hydrogens is 291 g/mol. The van der Waals surface area contributed by atoms with Crippen molar-refractivity contribution >= 4 is 24.7 Å². The van der Waals surface area contributed by atoms with Crippen LogP contribution in [0.15, 0.2) is 5.10 Å². The van der Waals surface area contributed by atoms with Crippen molar-refractivity contribution in [3.05, 3.63) is 0 Å². The summed E-state index contributed by atoms with van der Waals surface area (Å²) >= 11 is 5.39. The van der Waals surface area contributed by atoms with E-state index in [1.165, 1.54) is 32.1 Å². The molecule has 1 fully saturated rings. The molecular formula is C14H29N2O2PS. The fourth-order valence-corrected chi connectivity index (χ4v) is 4.50. The lowest BCUT2D eigenvalue weighted by Crippen LogP contribution is -2.28. The van der Waals surface area contributed by atoms with Crippen LogP contribution in [-0.2, 0) is 20.9 Å². The molecule has 0 aliphatic heterocycles. The summed E-state index contributed by atoms with van der Waals surface area (Å²) < 4.78 is 11.0. The number of hydrogen-bond acceptors (Lipinski definition) is 4. The smallest absolute Gasteiger partial charge is 0.303 e. The number of nitrogens with zero attached hydrogens (tertiary/aromatic N) is 1. The topological polar surface area (TPSA) is 42.8 Å². The standard InChI is InChI=1S/C14H29N2O2PS/c1-5-17-19(20,18-6-2)16-15-12-14(3,4)13-10-8-7-9-11-13/h12-13H,5-11H2,1-4H3,(H,16,20)/b15-12+. The first-order valence-electron chi connectivity index (χ1n) is 7.64. The molecule has 0 bridgehead atoms. The van der Waals surface area contributed by atoms with Crippen molar-refractivity contribution in [3.63, 3.8) is 0 Å². The Balaban J connectivity index is 2.58. The van der Waals surface area contributed by atoms with Crippen molar-refractivity contribution in [1.82, 2.24) is 5.20 Å². The summed E-state index contributed by atoms with van der Waals surface area (Å²) in [5, 5.41) is 7.29. The largest absolute Gasteiger partial charge is 0.313 e. The lowest BCUT2D eigenvalue weighted by molar-refractivity contribution is 0.233. The lowest BCUT2D eigenvalue weighted by Gasteiger charge is -2.34. The summed E-state index contributed by atoms with van der Waals surface area (Å²) in [4.78, 5) is 0. The highest BCUT2D eigenvalue weighted by molar-refractivity contribution is 8.08. The van der Waals surface area contributed by atoms with Crippen LogP contribution in [0.2, 0.25) is 0 Å². The van der Waals surface area contributed by atoms with Crippen LogP contribution in [0.1, 0.15) is 59.8 Å². The summed E-state index contributed by atoms with van der Waals surface area (Å²) in [6.07, 6.45) is 8.63. The summed E-state index contributed by atoms with van der Waals surface area (Å²) in [5.41, 5.74) is 0.0893. The van der Waals surface area contributed by atoms with Crippen LogP contribution >= 0.6 is 6.64 Å². The molecule has 0 radical (unpaired) electrons. The zero-order valence-corrected chi connectivity index (χ0v) is 14.9. The molecule has 0 aromatic carbocycles. The summed E-state index contributed by atoms with van der Waals surface area (Å²) in [6.45, 7) is 6.93. The second kappa shape index (κ2) is 8.47. The van der Waals surface area contributed by atoms with Gasteiger partial charge < -0.3 is 9.05 Å². The molecule has 20 heavy (non-hydrogen) atoms. The Kier molecular flexibility index (Phi) is 7.67. The fraction of sp³-hybridized carbons (Fsp3) is 0.929. The van der Waals surface area contributed by atoms with Gasteiger partial charge in [-0.25, -0.2) is 5.20 Å². The van der Waals surface area contributed by atoms with E-state index >= 15 is 0 Å². The zero-order valence-electron chi connectivity index (χ0n) is 13.2. The highest BCUT2D eigenvalue weighted by atomic mass is 32.5. The van der Waals surface area contributed by atoms with Crippen molar-refractivity contribution in [2.75, 3.05) is 13.2 Å². The van der Waals surface area contributed by atoms with E-state index in [4.69, 9.17) is 20.9 Å². The van der Waals surface area contributed by atoms with Crippen LogP contribution in [0.25, 0.3) is 0 Å². The predicted octanol–water partition coefficient (Wildman–Crippen LogP) is 4.47. The van der Waals surface area contributed by atoms with Gasteiger partial charge >= 0.3 is 6.64 Å². The first-order valence-corrected chi connectivity index (χ1v) is 10.3. The maximum atomic E-state index is 5.51. The number of hydrazone groups is 1. The van der Waals surface area contributed by atoms with Crippen molar-refractivity contribution in [1.29, 1.82) is 0 Å². The molecule has 1 aliphatic rings. The normalized spacial score (nSPS) is 18.6. The van der Waals surface area contributed by atoms with Gasteiger partial charge in [0.1, 0.15) is 0 Å². The van der Waals surface area contributed by atoms with Gasteiger partial charge in [-0.3, -0.25) is 0 Å². The van der Waals surface area contributed by atoms with E-state index in [0.717, 1.165) is 0 Å². The van der Waals surface area contributed by atoms with E-state index in [1.54, 1.807) is 0 Å². The Bertz CT molecular complexity index is 345. The number of nitrogens with one attached hydrogen (secondary N) is 1. The molecule has 0 atom stereocenters. The minimum atomic E-state index is -2.46. The average Bonchev–Trinajstić information content (AvgIpc) is 2.40. The molecule has 0 heterocycles. The van der Waals surface area contributed by atoms with Crippen LogP contribution < -0.4 is 5.20 Å². The van der Waals surface area contributed by atoms with Gasteiger partial charge in [-0.05, 0) is 44.4 Å². The maximum Gasteiger partial charge on any atom is 0.303 e. The molecule has 1 N–H and O–H groups in total. The van der Waals surface area contributed by atoms with Gasteiger partial charge in [0.2, 0.25) is 0 Å². The molecule has 118 valence electrons. The maximum absolute atomic E-state index is 5.51. The van der Waals surface area contributed by atoms with Gasteiger partial charge in [-0.15, -0.1) is 0 Å². The first kappa shape index (κ1) is 18.1. The number of hydrogen-bond donors (Lipinski definition) is 1. The van der Waals surface area contributed by atoms with E-state index < -0.39 is 6.64 Å². The van der Waals surface area contributed by atoms with E-state index in [2.05, 4.69) is 24.1 Å². The van der Waals surface area contributed by atoms with Crippen LogP contribution in [0, 0.1) is 11.3 Å². The average molecular weight is 320 g/mol. The van der Waals surface area contributed by atoms with Gasteiger partial charge in [-0.2, -0.15) is 5.10 Å². The third kappa shape index (κ3) is 5.80. The van der Waals surface area contributed by atoms with Crippen LogP contribution in [0.5, 0.6) is 0 Å². The van der Waals surface area contributed by atoms with Crippen molar-refractivity contribution in [2.45, 2.75) is 59.8 Å². The zero-order chi connectivity index (χ0) is 15.1. The molecule has 0 amide bonds. The molecule has 1 saturated carbocycles. The highest BCUT2D eigenvalue weighted by Gasteiger charge is 2.29. The van der Waals surface area contributed by atoms with E-state index in [9.17, 15) is 0 Å². The van der Waals surface area contributed by atoms with E-state index in [-0.39, 0.29) is 5.41 Å². The SMILES string of the molecule is CCOP(=S)(N/N=C/C(C)(C)C1CCCCC1)OCC. The third-order valence-corrected chi connectivity index (χ3v) is 6.27.